The first-order valence-electron chi connectivity index (χ1n) is 2.29. The van der Waals surface area contributed by atoms with Gasteiger partial charge >= 0.3 is 5.97 Å². The number of hydrogen-bond donors (Lipinski definition) is 4. The van der Waals surface area contributed by atoms with Crippen molar-refractivity contribution in [1.82, 2.24) is 0 Å². The van der Waals surface area contributed by atoms with Gasteiger partial charge in [0.25, 0.3) is 0 Å². The van der Waals surface area contributed by atoms with Gasteiger partial charge in [-0.15, -0.1) is 5.16 Å². The zero-order valence-corrected chi connectivity index (χ0v) is 6.16. The lowest BCUT2D eigenvalue weighted by Crippen LogP contribution is -2.31. The van der Waals surface area contributed by atoms with E-state index in [-0.39, 0.29) is 5.75 Å². The highest BCUT2D eigenvalue weighted by molar-refractivity contribution is 7.80. The SMILES string of the molecule is C=NO.NC(CS)C(=O)O. The van der Waals surface area contributed by atoms with E-state index in [1.54, 1.807) is 0 Å². The van der Waals surface area contributed by atoms with Crippen molar-refractivity contribution in [2.75, 3.05) is 5.75 Å². The summed E-state index contributed by atoms with van der Waals surface area (Å²) in [4.78, 5) is 9.76. The Hall–Kier alpha value is -0.750. The smallest absolute Gasteiger partial charge is 0.321 e. The fourth-order valence-corrected chi connectivity index (χ4v) is 0.234. The van der Waals surface area contributed by atoms with Crippen LogP contribution in [0.3, 0.4) is 0 Å². The van der Waals surface area contributed by atoms with Gasteiger partial charge < -0.3 is 16.0 Å². The molecule has 0 aromatic rings. The molecule has 1 unspecified atom stereocenters. The van der Waals surface area contributed by atoms with Gasteiger partial charge in [0.15, 0.2) is 0 Å². The lowest BCUT2D eigenvalue weighted by Gasteiger charge is -1.96. The molecular formula is C4H10N2O3S. The van der Waals surface area contributed by atoms with Crippen LogP contribution in [0.25, 0.3) is 0 Å². The monoisotopic (exact) mass is 166 g/mol. The number of aliphatic carboxylic acids is 1. The van der Waals surface area contributed by atoms with Crippen molar-refractivity contribution in [2.24, 2.45) is 10.9 Å². The predicted molar refractivity (Wildman–Crippen MR) is 40.8 cm³/mol. The zero-order chi connectivity index (χ0) is 8.57. The van der Waals surface area contributed by atoms with E-state index in [1.807, 2.05) is 0 Å². The molecule has 0 aromatic heterocycles. The van der Waals surface area contributed by atoms with Gasteiger partial charge in [0.05, 0.1) is 0 Å². The second-order valence-corrected chi connectivity index (χ2v) is 1.63. The van der Waals surface area contributed by atoms with Crippen molar-refractivity contribution < 1.29 is 15.1 Å². The fourth-order valence-electron chi connectivity index (χ4n) is 0.0781. The number of thiol groups is 1. The summed E-state index contributed by atoms with van der Waals surface area (Å²) in [7, 11) is 0. The topological polar surface area (TPSA) is 95.9 Å². The Balaban J connectivity index is 0. The Morgan fingerprint density at radius 1 is 1.90 bits per heavy atom. The minimum atomic E-state index is -1.00. The molecule has 0 saturated heterocycles. The van der Waals surface area contributed by atoms with E-state index in [9.17, 15) is 4.79 Å². The lowest BCUT2D eigenvalue weighted by molar-refractivity contribution is -0.137. The fraction of sp³-hybridized carbons (Fsp3) is 0.500. The van der Waals surface area contributed by atoms with Crippen LogP contribution in [0.5, 0.6) is 0 Å². The first-order valence-corrected chi connectivity index (χ1v) is 2.92. The first-order chi connectivity index (χ1) is 4.59. The quantitative estimate of drug-likeness (QED) is 0.191. The summed E-state index contributed by atoms with van der Waals surface area (Å²) in [5.74, 6) is -0.815. The summed E-state index contributed by atoms with van der Waals surface area (Å²) in [5, 5.41) is 17.3. The third kappa shape index (κ3) is 10.3. The molecular weight excluding hydrogens is 156 g/mol. The first kappa shape index (κ1) is 12.0. The molecule has 0 aliphatic rings. The Kier molecular flexibility index (Phi) is 9.88. The number of hydrogen-bond acceptors (Lipinski definition) is 5. The van der Waals surface area contributed by atoms with E-state index in [0.29, 0.717) is 0 Å². The van der Waals surface area contributed by atoms with Gasteiger partial charge in [-0.3, -0.25) is 4.79 Å². The van der Waals surface area contributed by atoms with Gasteiger partial charge in [0.2, 0.25) is 0 Å². The summed E-state index contributed by atoms with van der Waals surface area (Å²) in [6.07, 6.45) is 0. The average molecular weight is 166 g/mol. The van der Waals surface area contributed by atoms with Gasteiger partial charge in [-0.05, 0) is 0 Å². The number of nitrogens with zero attached hydrogens (tertiary/aromatic N) is 1. The second kappa shape index (κ2) is 8.25. The molecule has 0 heterocycles. The summed E-state index contributed by atoms with van der Waals surface area (Å²) in [6.45, 7) is 2.67. The van der Waals surface area contributed by atoms with Gasteiger partial charge in [-0.25, -0.2) is 0 Å². The molecule has 0 aliphatic heterocycles. The molecule has 0 bridgehead atoms. The van der Waals surface area contributed by atoms with E-state index in [0.717, 1.165) is 0 Å². The van der Waals surface area contributed by atoms with Gasteiger partial charge in [0, 0.05) is 12.5 Å². The second-order valence-electron chi connectivity index (χ2n) is 1.27. The van der Waals surface area contributed by atoms with Crippen molar-refractivity contribution in [3.8, 4) is 0 Å². The Morgan fingerprint density at radius 3 is 2.20 bits per heavy atom. The van der Waals surface area contributed by atoms with E-state index < -0.39 is 12.0 Å². The van der Waals surface area contributed by atoms with Crippen LogP contribution in [0.2, 0.25) is 0 Å². The molecule has 0 radical (unpaired) electrons. The summed E-state index contributed by atoms with van der Waals surface area (Å²) < 4.78 is 0. The van der Waals surface area contributed by atoms with Crippen molar-refractivity contribution in [2.45, 2.75) is 6.04 Å². The standard InChI is InChI=1S/C3H7NO2S.CH3NO/c4-2(1-7)3(5)6;1-2-3/h2,7H,1,4H2,(H,5,6);3H,1H2. The number of rotatable bonds is 2. The van der Waals surface area contributed by atoms with Gasteiger partial charge in [0.1, 0.15) is 6.04 Å². The van der Waals surface area contributed by atoms with Crippen molar-refractivity contribution in [3.63, 3.8) is 0 Å². The molecule has 0 spiro atoms. The molecule has 6 heteroatoms. The summed E-state index contributed by atoms with van der Waals surface area (Å²) in [6, 6.07) is -0.816. The van der Waals surface area contributed by atoms with Crippen molar-refractivity contribution in [1.29, 1.82) is 0 Å². The Bertz CT molecular complexity index is 109. The highest BCUT2D eigenvalue weighted by Gasteiger charge is 2.06. The van der Waals surface area contributed by atoms with Crippen LogP contribution < -0.4 is 5.73 Å². The van der Waals surface area contributed by atoms with Crippen LogP contribution in [0.15, 0.2) is 5.16 Å². The molecule has 0 fully saturated rings. The molecule has 0 saturated carbocycles. The minimum absolute atomic E-state index is 0.190. The molecule has 10 heavy (non-hydrogen) atoms. The van der Waals surface area contributed by atoms with E-state index in [4.69, 9.17) is 16.0 Å². The minimum Gasteiger partial charge on any atom is -0.480 e. The van der Waals surface area contributed by atoms with Gasteiger partial charge in [-0.1, -0.05) is 0 Å². The molecule has 0 aliphatic carbocycles. The molecule has 0 aromatic carbocycles. The molecule has 0 amide bonds. The number of carboxylic acid groups (broad SMARTS) is 1. The van der Waals surface area contributed by atoms with Crippen LogP contribution in [0, 0.1) is 0 Å². The van der Waals surface area contributed by atoms with E-state index in [1.165, 1.54) is 0 Å². The molecule has 0 rings (SSSR count). The predicted octanol–water partition coefficient (Wildman–Crippen LogP) is -0.596. The molecule has 1 atom stereocenters. The van der Waals surface area contributed by atoms with Crippen LogP contribution in [0.1, 0.15) is 0 Å². The Labute approximate surface area is 63.9 Å². The summed E-state index contributed by atoms with van der Waals surface area (Å²) in [5.41, 5.74) is 4.94. The largest absolute Gasteiger partial charge is 0.480 e. The molecule has 5 nitrogen and oxygen atoms in total. The highest BCUT2D eigenvalue weighted by Crippen LogP contribution is 1.80. The van der Waals surface area contributed by atoms with Gasteiger partial charge in [-0.2, -0.15) is 12.6 Å². The molecule has 60 valence electrons. The molecule has 4 N–H and O–H groups in total. The third-order valence-corrected chi connectivity index (χ3v) is 0.907. The maximum absolute atomic E-state index is 9.76. The number of oxime groups is 1. The Morgan fingerprint density at radius 2 is 2.20 bits per heavy atom. The number of carbonyl (C=O) groups is 1. The number of carboxylic acids is 1. The van der Waals surface area contributed by atoms with Crippen molar-refractivity contribution in [3.05, 3.63) is 0 Å². The maximum atomic E-state index is 9.76. The van der Waals surface area contributed by atoms with Crippen LogP contribution in [-0.2, 0) is 4.79 Å². The highest BCUT2D eigenvalue weighted by atomic mass is 32.1. The summed E-state index contributed by atoms with van der Waals surface area (Å²) >= 11 is 3.65. The lowest BCUT2D eigenvalue weighted by atomic mass is 10.4. The van der Waals surface area contributed by atoms with Crippen LogP contribution in [0.4, 0.5) is 0 Å². The maximum Gasteiger partial charge on any atom is 0.321 e. The normalized spacial score (nSPS) is 10.6. The average Bonchev–Trinajstić information content (AvgIpc) is 1.88. The van der Waals surface area contributed by atoms with E-state index in [2.05, 4.69) is 24.5 Å². The zero-order valence-electron chi connectivity index (χ0n) is 5.27. The van der Waals surface area contributed by atoms with Crippen molar-refractivity contribution >= 4 is 25.3 Å². The van der Waals surface area contributed by atoms with Crippen LogP contribution in [-0.4, -0.2) is 34.8 Å². The van der Waals surface area contributed by atoms with E-state index >= 15 is 0 Å². The van der Waals surface area contributed by atoms with Crippen LogP contribution >= 0.6 is 12.6 Å². The number of nitrogens with two attached hydrogens (primary N) is 1. The third-order valence-electron chi connectivity index (χ3n) is 0.514.